The van der Waals surface area contributed by atoms with Crippen LogP contribution in [0.5, 0.6) is 0 Å². The first-order chi connectivity index (χ1) is 8.44. The molecule has 0 radical (unpaired) electrons. The molecule has 0 aromatic carbocycles. The molecule has 1 aromatic heterocycles. The molecule has 8 heteroatoms. The molecule has 3 rings (SSSR count). The van der Waals surface area contributed by atoms with E-state index in [-0.39, 0.29) is 0 Å². The fraction of sp³-hybridized carbons (Fsp3) is 0.800. The number of hydrogen-bond acceptors (Lipinski definition) is 4. The van der Waals surface area contributed by atoms with Crippen molar-refractivity contribution < 1.29 is 13.2 Å². The van der Waals surface area contributed by atoms with Gasteiger partial charge in [0.05, 0.1) is 11.9 Å². The molecule has 2 saturated heterocycles. The fourth-order valence-corrected chi connectivity index (χ4v) is 2.62. The monoisotopic (exact) mass is 261 g/mol. The molecule has 3 heterocycles. The van der Waals surface area contributed by atoms with Crippen LogP contribution in [0.2, 0.25) is 0 Å². The van der Waals surface area contributed by atoms with Gasteiger partial charge >= 0.3 is 6.18 Å². The lowest BCUT2D eigenvalue weighted by Crippen LogP contribution is -2.70. The van der Waals surface area contributed by atoms with Gasteiger partial charge in [-0.3, -0.25) is 4.90 Å². The smallest absolute Gasteiger partial charge is 0.315 e. The first-order valence-electron chi connectivity index (χ1n) is 5.83. The highest BCUT2D eigenvalue weighted by Gasteiger charge is 2.47. The molecular formula is C10H14F3N5. The molecule has 0 unspecified atom stereocenters. The topological polar surface area (TPSA) is 46.0 Å². The summed E-state index contributed by atoms with van der Waals surface area (Å²) >= 11 is 0. The van der Waals surface area contributed by atoms with E-state index in [0.717, 1.165) is 30.9 Å². The molecule has 2 aliphatic heterocycles. The molecule has 2 fully saturated rings. The minimum atomic E-state index is -4.25. The highest BCUT2D eigenvalue weighted by Crippen LogP contribution is 2.34. The van der Waals surface area contributed by atoms with Crippen molar-refractivity contribution in [3.8, 4) is 0 Å². The average molecular weight is 261 g/mol. The maximum Gasteiger partial charge on any atom is 0.408 e. The average Bonchev–Trinajstić information content (AvgIpc) is 2.52. The second-order valence-corrected chi connectivity index (χ2v) is 5.27. The van der Waals surface area contributed by atoms with Crippen molar-refractivity contribution in [2.45, 2.75) is 19.3 Å². The third kappa shape index (κ3) is 2.35. The van der Waals surface area contributed by atoms with E-state index in [0.29, 0.717) is 17.7 Å². The lowest BCUT2D eigenvalue weighted by atomic mass is 9.74. The van der Waals surface area contributed by atoms with Gasteiger partial charge in [0.15, 0.2) is 0 Å². The summed E-state index contributed by atoms with van der Waals surface area (Å²) in [5.74, 6) is 0. The molecule has 1 N–H and O–H groups in total. The van der Waals surface area contributed by atoms with Crippen molar-refractivity contribution in [3.05, 3.63) is 11.9 Å². The van der Waals surface area contributed by atoms with Crippen LogP contribution in [-0.2, 0) is 13.1 Å². The Balaban J connectivity index is 1.52. The standard InChI is InChI=1S/C10H14F3N5/c11-10(12,13)7-18-2-8(15-16-18)1-17-5-9(6-17)3-14-4-9/h2,14H,1,3-7H2. The maximum atomic E-state index is 12.1. The van der Waals surface area contributed by atoms with Crippen molar-refractivity contribution in [1.29, 1.82) is 0 Å². The zero-order chi connectivity index (χ0) is 12.8. The van der Waals surface area contributed by atoms with Gasteiger partial charge in [0, 0.05) is 38.1 Å². The van der Waals surface area contributed by atoms with Crippen molar-refractivity contribution in [1.82, 2.24) is 25.2 Å². The van der Waals surface area contributed by atoms with Gasteiger partial charge in [-0.05, 0) is 0 Å². The summed E-state index contributed by atoms with van der Waals surface area (Å²) in [4.78, 5) is 2.18. The zero-order valence-corrected chi connectivity index (χ0v) is 9.74. The van der Waals surface area contributed by atoms with E-state index in [1.807, 2.05) is 0 Å². The van der Waals surface area contributed by atoms with Gasteiger partial charge in [-0.1, -0.05) is 5.21 Å². The largest absolute Gasteiger partial charge is 0.408 e. The van der Waals surface area contributed by atoms with Gasteiger partial charge in [-0.15, -0.1) is 5.10 Å². The van der Waals surface area contributed by atoms with Crippen LogP contribution >= 0.6 is 0 Å². The molecule has 0 aliphatic carbocycles. The quantitative estimate of drug-likeness (QED) is 0.847. The first kappa shape index (κ1) is 11.9. The second kappa shape index (κ2) is 3.92. The Morgan fingerprint density at radius 1 is 1.33 bits per heavy atom. The summed E-state index contributed by atoms with van der Waals surface area (Å²) in [7, 11) is 0. The minimum Gasteiger partial charge on any atom is -0.315 e. The van der Waals surface area contributed by atoms with Crippen LogP contribution in [-0.4, -0.2) is 52.2 Å². The molecule has 0 bridgehead atoms. The number of hydrogen-bond donors (Lipinski definition) is 1. The molecule has 0 atom stereocenters. The van der Waals surface area contributed by atoms with Crippen LogP contribution in [0.4, 0.5) is 13.2 Å². The number of alkyl halides is 3. The number of likely N-dealkylation sites (tertiary alicyclic amines) is 1. The number of halogens is 3. The summed E-state index contributed by atoms with van der Waals surface area (Å²) in [6, 6.07) is 0. The lowest BCUT2D eigenvalue weighted by molar-refractivity contribution is -0.142. The zero-order valence-electron chi connectivity index (χ0n) is 9.74. The summed E-state index contributed by atoms with van der Waals surface area (Å²) in [5, 5.41) is 10.5. The molecule has 1 aromatic rings. The molecule has 18 heavy (non-hydrogen) atoms. The molecule has 2 aliphatic rings. The van der Waals surface area contributed by atoms with Crippen LogP contribution in [0.15, 0.2) is 6.20 Å². The molecule has 100 valence electrons. The van der Waals surface area contributed by atoms with Crippen LogP contribution in [0.3, 0.4) is 0 Å². The number of aromatic nitrogens is 3. The van der Waals surface area contributed by atoms with E-state index in [2.05, 4.69) is 20.5 Å². The van der Waals surface area contributed by atoms with E-state index in [4.69, 9.17) is 0 Å². The van der Waals surface area contributed by atoms with Crippen LogP contribution in [0.25, 0.3) is 0 Å². The predicted octanol–water partition coefficient (Wildman–Crippen LogP) is 0.246. The highest BCUT2D eigenvalue weighted by atomic mass is 19.4. The minimum absolute atomic E-state index is 0.419. The Hall–Kier alpha value is -1.15. The van der Waals surface area contributed by atoms with E-state index in [1.54, 1.807) is 0 Å². The second-order valence-electron chi connectivity index (χ2n) is 5.27. The first-order valence-corrected chi connectivity index (χ1v) is 5.83. The molecular weight excluding hydrogens is 247 g/mol. The van der Waals surface area contributed by atoms with Gasteiger partial charge in [-0.25, -0.2) is 4.68 Å². The van der Waals surface area contributed by atoms with Crippen molar-refractivity contribution in [2.24, 2.45) is 5.41 Å². The highest BCUT2D eigenvalue weighted by molar-refractivity contribution is 5.06. The Kier molecular flexibility index (Phi) is 2.60. The van der Waals surface area contributed by atoms with Gasteiger partial charge < -0.3 is 5.32 Å². The maximum absolute atomic E-state index is 12.1. The van der Waals surface area contributed by atoms with Crippen LogP contribution in [0.1, 0.15) is 5.69 Å². The lowest BCUT2D eigenvalue weighted by Gasteiger charge is -2.56. The summed E-state index contributed by atoms with van der Waals surface area (Å²) < 4.78 is 37.3. The van der Waals surface area contributed by atoms with Crippen molar-refractivity contribution in [3.63, 3.8) is 0 Å². The number of nitrogens with zero attached hydrogens (tertiary/aromatic N) is 4. The Morgan fingerprint density at radius 3 is 2.61 bits per heavy atom. The van der Waals surface area contributed by atoms with Gasteiger partial charge in [0.2, 0.25) is 0 Å². The van der Waals surface area contributed by atoms with Crippen molar-refractivity contribution >= 4 is 0 Å². The molecule has 5 nitrogen and oxygen atoms in total. The van der Waals surface area contributed by atoms with Gasteiger partial charge in [0.1, 0.15) is 6.54 Å². The van der Waals surface area contributed by atoms with Gasteiger partial charge in [-0.2, -0.15) is 13.2 Å². The van der Waals surface area contributed by atoms with E-state index >= 15 is 0 Å². The molecule has 0 amide bonds. The van der Waals surface area contributed by atoms with Crippen LogP contribution < -0.4 is 5.32 Å². The van der Waals surface area contributed by atoms with E-state index in [9.17, 15) is 13.2 Å². The summed E-state index contributed by atoms with van der Waals surface area (Å²) in [6.07, 6.45) is -2.87. The summed E-state index contributed by atoms with van der Waals surface area (Å²) in [5.41, 5.74) is 1.02. The predicted molar refractivity (Wildman–Crippen MR) is 56.7 cm³/mol. The Bertz CT molecular complexity index is 429. The number of rotatable bonds is 3. The summed E-state index contributed by atoms with van der Waals surface area (Å²) in [6.45, 7) is 3.58. The number of nitrogens with one attached hydrogen (secondary N) is 1. The Morgan fingerprint density at radius 2 is 2.06 bits per heavy atom. The third-order valence-corrected chi connectivity index (χ3v) is 3.43. The molecule has 1 spiro atoms. The molecule has 0 saturated carbocycles. The normalized spacial score (nSPS) is 22.8. The van der Waals surface area contributed by atoms with Gasteiger partial charge in [0.25, 0.3) is 0 Å². The Labute approximate surface area is 102 Å². The van der Waals surface area contributed by atoms with Crippen LogP contribution in [0, 0.1) is 5.41 Å². The SMILES string of the molecule is FC(F)(F)Cn1cc(CN2CC3(CNC3)C2)nn1. The van der Waals surface area contributed by atoms with Crippen molar-refractivity contribution in [2.75, 3.05) is 26.2 Å². The third-order valence-electron chi connectivity index (χ3n) is 3.43. The van der Waals surface area contributed by atoms with E-state index < -0.39 is 12.7 Å². The van der Waals surface area contributed by atoms with E-state index in [1.165, 1.54) is 6.20 Å². The fourth-order valence-electron chi connectivity index (χ4n) is 2.62.